The number of rotatable bonds is 4. The van der Waals surface area contributed by atoms with E-state index in [2.05, 4.69) is 27.2 Å². The van der Waals surface area contributed by atoms with E-state index in [4.69, 9.17) is 0 Å². The second-order valence-electron chi connectivity index (χ2n) is 6.78. The number of nitrogens with zero attached hydrogens (tertiary/aromatic N) is 4. The molecule has 0 aliphatic carbocycles. The van der Waals surface area contributed by atoms with Gasteiger partial charge in [0.1, 0.15) is 0 Å². The minimum Gasteiger partial charge on any atom is -0.294 e. The maximum absolute atomic E-state index is 12.7. The van der Waals surface area contributed by atoms with E-state index in [0.717, 1.165) is 37.8 Å². The average Bonchev–Trinajstić information content (AvgIpc) is 3.35. The molecule has 0 radical (unpaired) electrons. The third kappa shape index (κ3) is 3.08. The van der Waals surface area contributed by atoms with Crippen LogP contribution in [0.1, 0.15) is 16.1 Å². The zero-order valence-electron chi connectivity index (χ0n) is 15.2. The fraction of sp³-hybridized carbons (Fsp3) is 0.0909. The summed E-state index contributed by atoms with van der Waals surface area (Å²) >= 11 is 1.57. The molecule has 28 heavy (non-hydrogen) atoms. The molecule has 0 spiro atoms. The monoisotopic (exact) mass is 384 g/mol. The Morgan fingerprint density at radius 3 is 2.79 bits per heavy atom. The third-order valence-electron chi connectivity index (χ3n) is 4.81. The Morgan fingerprint density at radius 1 is 1.00 bits per heavy atom. The van der Waals surface area contributed by atoms with E-state index in [1.165, 1.54) is 0 Å². The fourth-order valence-electron chi connectivity index (χ4n) is 3.33. The van der Waals surface area contributed by atoms with Gasteiger partial charge in [-0.3, -0.25) is 14.5 Å². The lowest BCUT2D eigenvalue weighted by molar-refractivity contribution is 0.0992. The van der Waals surface area contributed by atoms with Gasteiger partial charge in [0.25, 0.3) is 0 Å². The van der Waals surface area contributed by atoms with Crippen molar-refractivity contribution in [1.82, 2.24) is 19.7 Å². The molecule has 5 aromatic rings. The van der Waals surface area contributed by atoms with Crippen LogP contribution in [0.15, 0.2) is 66.6 Å². The summed E-state index contributed by atoms with van der Waals surface area (Å²) in [4.78, 5) is 21.5. The van der Waals surface area contributed by atoms with Crippen LogP contribution in [0, 0.1) is 0 Å². The second kappa shape index (κ2) is 6.65. The highest BCUT2D eigenvalue weighted by Gasteiger charge is 2.11. The van der Waals surface area contributed by atoms with Crippen LogP contribution in [0.25, 0.3) is 32.1 Å². The smallest absolute Gasteiger partial charge is 0.168 e. The predicted molar refractivity (Wildman–Crippen MR) is 112 cm³/mol. The second-order valence-corrected chi connectivity index (χ2v) is 7.66. The number of benzene rings is 2. The molecule has 0 atom stereocenters. The molecular formula is C22H16N4OS. The van der Waals surface area contributed by atoms with Crippen molar-refractivity contribution in [3.05, 3.63) is 77.8 Å². The van der Waals surface area contributed by atoms with Gasteiger partial charge in [0.15, 0.2) is 5.78 Å². The molecule has 3 heterocycles. The predicted octanol–water partition coefficient (Wildman–Crippen LogP) is 4.67. The maximum Gasteiger partial charge on any atom is 0.168 e. The Bertz CT molecular complexity index is 1330. The highest BCUT2D eigenvalue weighted by Crippen LogP contribution is 2.25. The van der Waals surface area contributed by atoms with Crippen molar-refractivity contribution < 1.29 is 4.79 Å². The molecule has 5 rings (SSSR count). The van der Waals surface area contributed by atoms with Crippen molar-refractivity contribution in [3.8, 4) is 11.1 Å². The number of hydrogen-bond acceptors (Lipinski definition) is 5. The van der Waals surface area contributed by atoms with Crippen LogP contribution < -0.4 is 0 Å². The highest BCUT2D eigenvalue weighted by molar-refractivity contribution is 7.16. The molecule has 0 saturated carbocycles. The van der Waals surface area contributed by atoms with E-state index < -0.39 is 0 Å². The molecule has 2 aromatic carbocycles. The van der Waals surface area contributed by atoms with E-state index in [1.54, 1.807) is 21.5 Å². The van der Waals surface area contributed by atoms with Crippen molar-refractivity contribution in [2.75, 3.05) is 0 Å². The van der Waals surface area contributed by atoms with Crippen molar-refractivity contribution in [1.29, 1.82) is 0 Å². The summed E-state index contributed by atoms with van der Waals surface area (Å²) < 4.78 is 2.87. The van der Waals surface area contributed by atoms with E-state index in [0.29, 0.717) is 5.56 Å². The van der Waals surface area contributed by atoms with Crippen LogP contribution in [0.5, 0.6) is 0 Å². The quantitative estimate of drug-likeness (QED) is 0.423. The van der Waals surface area contributed by atoms with Crippen LogP contribution >= 0.6 is 11.3 Å². The van der Waals surface area contributed by atoms with E-state index in [-0.39, 0.29) is 12.2 Å². The minimum absolute atomic E-state index is 0.0464. The van der Waals surface area contributed by atoms with Crippen LogP contribution in [0.4, 0.5) is 0 Å². The SMILES string of the molecule is Cn1cc(-c2ccc3cnc(CC(=O)c4ccc5scnc5c4)cc3c2)cn1. The standard InChI is InChI=1S/C22H16N4OS/c1-26-12-18(11-25-26)14-2-3-16-10-23-19(7-17(16)6-14)9-21(27)15-4-5-22-20(8-15)24-13-28-22/h2-8,10-13H,9H2,1H3. The Balaban J connectivity index is 1.45. The zero-order chi connectivity index (χ0) is 19.1. The van der Waals surface area contributed by atoms with Crippen molar-refractivity contribution in [2.45, 2.75) is 6.42 Å². The van der Waals surface area contributed by atoms with Crippen LogP contribution in [-0.2, 0) is 13.5 Å². The normalized spacial score (nSPS) is 11.3. The number of thiazole rings is 1. The summed E-state index contributed by atoms with van der Waals surface area (Å²) in [6.45, 7) is 0. The molecule has 6 heteroatoms. The molecule has 5 nitrogen and oxygen atoms in total. The summed E-state index contributed by atoms with van der Waals surface area (Å²) in [5.74, 6) is 0.0464. The number of hydrogen-bond donors (Lipinski definition) is 0. The molecular weight excluding hydrogens is 368 g/mol. The first-order valence-electron chi connectivity index (χ1n) is 8.90. The van der Waals surface area contributed by atoms with Gasteiger partial charge in [-0.25, -0.2) is 4.98 Å². The summed E-state index contributed by atoms with van der Waals surface area (Å²) in [6.07, 6.45) is 5.93. The number of aryl methyl sites for hydroxylation is 1. The molecule has 0 N–H and O–H groups in total. The van der Waals surface area contributed by atoms with E-state index >= 15 is 0 Å². The van der Waals surface area contributed by atoms with Gasteiger partial charge in [-0.05, 0) is 41.3 Å². The molecule has 0 saturated heterocycles. The first-order valence-corrected chi connectivity index (χ1v) is 9.78. The van der Waals surface area contributed by atoms with Gasteiger partial charge < -0.3 is 0 Å². The first kappa shape index (κ1) is 16.8. The number of aromatic nitrogens is 4. The summed E-state index contributed by atoms with van der Waals surface area (Å²) in [5, 5.41) is 6.35. The molecule has 0 aliphatic heterocycles. The molecule has 0 unspecified atom stereocenters. The number of fused-ring (bicyclic) bond motifs is 2. The zero-order valence-corrected chi connectivity index (χ0v) is 16.0. The highest BCUT2D eigenvalue weighted by atomic mass is 32.1. The minimum atomic E-state index is 0.0464. The largest absolute Gasteiger partial charge is 0.294 e. The number of ketones is 1. The Hall–Kier alpha value is -3.38. The fourth-order valence-corrected chi connectivity index (χ4v) is 3.99. The summed E-state index contributed by atoms with van der Waals surface area (Å²) in [7, 11) is 1.90. The van der Waals surface area contributed by atoms with Gasteiger partial charge in [0.2, 0.25) is 0 Å². The third-order valence-corrected chi connectivity index (χ3v) is 5.62. The average molecular weight is 384 g/mol. The molecule has 0 aliphatic rings. The summed E-state index contributed by atoms with van der Waals surface area (Å²) in [5.41, 5.74) is 6.25. The van der Waals surface area contributed by atoms with Gasteiger partial charge in [-0.2, -0.15) is 5.10 Å². The van der Waals surface area contributed by atoms with Crippen molar-refractivity contribution in [3.63, 3.8) is 0 Å². The lowest BCUT2D eigenvalue weighted by atomic mass is 10.0. The molecule has 3 aromatic heterocycles. The van der Waals surface area contributed by atoms with Crippen molar-refractivity contribution in [2.24, 2.45) is 7.05 Å². The van der Waals surface area contributed by atoms with Gasteiger partial charge in [0.05, 0.1) is 28.3 Å². The Morgan fingerprint density at radius 2 is 1.93 bits per heavy atom. The van der Waals surface area contributed by atoms with Crippen LogP contribution in [0.2, 0.25) is 0 Å². The van der Waals surface area contributed by atoms with Crippen LogP contribution in [-0.4, -0.2) is 25.5 Å². The first-order chi connectivity index (χ1) is 13.7. The molecule has 0 fully saturated rings. The number of carbonyl (C=O) groups excluding carboxylic acids is 1. The van der Waals surface area contributed by atoms with E-state index in [1.807, 2.05) is 56.0 Å². The topological polar surface area (TPSA) is 60.7 Å². The maximum atomic E-state index is 12.7. The summed E-state index contributed by atoms with van der Waals surface area (Å²) in [6, 6.07) is 13.9. The Kier molecular flexibility index (Phi) is 3.98. The van der Waals surface area contributed by atoms with Crippen molar-refractivity contribution >= 4 is 38.1 Å². The lowest BCUT2D eigenvalue weighted by Crippen LogP contribution is -2.05. The molecule has 136 valence electrons. The number of pyridine rings is 1. The van der Waals surface area contributed by atoms with Gasteiger partial charge in [-0.15, -0.1) is 11.3 Å². The Labute approximate surface area is 165 Å². The molecule has 0 amide bonds. The number of carbonyl (C=O) groups is 1. The van der Waals surface area contributed by atoms with E-state index in [9.17, 15) is 4.79 Å². The van der Waals surface area contributed by atoms with Gasteiger partial charge in [0, 0.05) is 41.6 Å². The number of Topliss-reactive ketones (excluding diaryl/α,β-unsaturated/α-hetero) is 1. The van der Waals surface area contributed by atoms with Gasteiger partial charge >= 0.3 is 0 Å². The van der Waals surface area contributed by atoms with Gasteiger partial charge in [-0.1, -0.05) is 12.1 Å². The molecule has 0 bridgehead atoms. The lowest BCUT2D eigenvalue weighted by Gasteiger charge is -2.05. The van der Waals surface area contributed by atoms with Crippen LogP contribution in [0.3, 0.4) is 0 Å².